The molecule has 0 spiro atoms. The summed E-state index contributed by atoms with van der Waals surface area (Å²) in [5.74, 6) is 1.34. The number of nitrogens with zero attached hydrogens (tertiary/aromatic N) is 2. The largest absolute Gasteiger partial charge is 0.340 e. The highest BCUT2D eigenvalue weighted by Gasteiger charge is 2.04. The Kier molecular flexibility index (Phi) is 4.57. The van der Waals surface area contributed by atoms with E-state index < -0.39 is 0 Å². The Morgan fingerprint density at radius 2 is 1.61 bits per heavy atom. The number of anilines is 4. The summed E-state index contributed by atoms with van der Waals surface area (Å²) in [7, 11) is 0. The Morgan fingerprint density at radius 1 is 0.826 bits per heavy atom. The van der Waals surface area contributed by atoms with E-state index in [2.05, 4.69) is 55.6 Å². The zero-order chi connectivity index (χ0) is 16.2. The maximum Gasteiger partial charge on any atom is 0.229 e. The first kappa shape index (κ1) is 15.5. The molecule has 4 nitrogen and oxygen atoms in total. The molecule has 5 heteroatoms. The van der Waals surface area contributed by atoms with Gasteiger partial charge in [0.1, 0.15) is 5.82 Å². The molecule has 3 rings (SSSR count). The number of benzene rings is 2. The number of hydrogen-bond donors (Lipinski definition) is 2. The standard InChI is InChI=1S/C18H17BrN4/c1-12-4-3-5-16(10-12)22-18-20-13(2)11-17(23-18)21-15-8-6-14(19)7-9-15/h3-11H,1-2H3,(H2,20,21,22,23). The van der Waals surface area contributed by atoms with Crippen LogP contribution in [0.2, 0.25) is 0 Å². The predicted molar refractivity (Wildman–Crippen MR) is 98.7 cm³/mol. The first-order valence-corrected chi connectivity index (χ1v) is 8.10. The summed E-state index contributed by atoms with van der Waals surface area (Å²) in [6.07, 6.45) is 0. The summed E-state index contributed by atoms with van der Waals surface area (Å²) in [6.45, 7) is 4.01. The Bertz CT molecular complexity index is 816. The molecule has 0 aliphatic rings. The van der Waals surface area contributed by atoms with Gasteiger partial charge in [0.15, 0.2) is 0 Å². The molecule has 0 aliphatic carbocycles. The molecule has 0 bridgehead atoms. The van der Waals surface area contributed by atoms with Crippen LogP contribution < -0.4 is 10.6 Å². The third kappa shape index (κ3) is 4.29. The second-order valence-corrected chi connectivity index (χ2v) is 6.26. The Morgan fingerprint density at radius 3 is 2.35 bits per heavy atom. The van der Waals surface area contributed by atoms with Crippen molar-refractivity contribution in [2.24, 2.45) is 0 Å². The summed E-state index contributed by atoms with van der Waals surface area (Å²) in [5, 5.41) is 6.55. The second kappa shape index (κ2) is 6.79. The van der Waals surface area contributed by atoms with Crippen molar-refractivity contribution in [3.8, 4) is 0 Å². The molecular formula is C18H17BrN4. The lowest BCUT2D eigenvalue weighted by molar-refractivity contribution is 1.11. The van der Waals surface area contributed by atoms with Gasteiger partial charge in [0.05, 0.1) is 0 Å². The molecule has 116 valence electrons. The maximum absolute atomic E-state index is 4.53. The molecule has 23 heavy (non-hydrogen) atoms. The van der Waals surface area contributed by atoms with Crippen LogP contribution in [-0.2, 0) is 0 Å². The predicted octanol–water partition coefficient (Wildman–Crippen LogP) is 5.34. The molecule has 0 radical (unpaired) electrons. The number of aryl methyl sites for hydroxylation is 2. The van der Waals surface area contributed by atoms with Gasteiger partial charge in [-0.2, -0.15) is 4.98 Å². The number of nitrogens with one attached hydrogen (secondary N) is 2. The quantitative estimate of drug-likeness (QED) is 0.652. The summed E-state index contributed by atoms with van der Waals surface area (Å²) in [6, 6.07) is 18.0. The van der Waals surface area contributed by atoms with Crippen LogP contribution in [0.15, 0.2) is 59.1 Å². The van der Waals surface area contributed by atoms with Crippen LogP contribution in [-0.4, -0.2) is 9.97 Å². The average molecular weight is 369 g/mol. The van der Waals surface area contributed by atoms with E-state index in [0.29, 0.717) is 5.95 Å². The van der Waals surface area contributed by atoms with Gasteiger partial charge in [-0.15, -0.1) is 0 Å². The molecule has 2 aromatic carbocycles. The van der Waals surface area contributed by atoms with Crippen LogP contribution in [0.25, 0.3) is 0 Å². The minimum absolute atomic E-state index is 0.579. The van der Waals surface area contributed by atoms with Crippen LogP contribution in [0.5, 0.6) is 0 Å². The van der Waals surface area contributed by atoms with Crippen molar-refractivity contribution in [2.75, 3.05) is 10.6 Å². The van der Waals surface area contributed by atoms with E-state index >= 15 is 0 Å². The molecule has 0 saturated heterocycles. The molecule has 0 saturated carbocycles. The molecule has 2 N–H and O–H groups in total. The van der Waals surface area contributed by atoms with E-state index in [4.69, 9.17) is 0 Å². The molecule has 3 aromatic rings. The van der Waals surface area contributed by atoms with Gasteiger partial charge in [0.2, 0.25) is 5.95 Å². The second-order valence-electron chi connectivity index (χ2n) is 5.34. The Labute approximate surface area is 144 Å². The van der Waals surface area contributed by atoms with Gasteiger partial charge in [0.25, 0.3) is 0 Å². The molecular weight excluding hydrogens is 352 g/mol. The zero-order valence-electron chi connectivity index (χ0n) is 13.0. The molecule has 0 amide bonds. The van der Waals surface area contributed by atoms with Gasteiger partial charge in [-0.3, -0.25) is 0 Å². The lowest BCUT2D eigenvalue weighted by atomic mass is 10.2. The van der Waals surface area contributed by atoms with Crippen molar-refractivity contribution >= 4 is 39.1 Å². The van der Waals surface area contributed by atoms with Crippen molar-refractivity contribution in [3.63, 3.8) is 0 Å². The van der Waals surface area contributed by atoms with Crippen LogP contribution in [0.3, 0.4) is 0 Å². The fraction of sp³-hybridized carbons (Fsp3) is 0.111. The van der Waals surface area contributed by atoms with Crippen LogP contribution in [0.4, 0.5) is 23.1 Å². The summed E-state index contributed by atoms with van der Waals surface area (Å²) < 4.78 is 1.05. The first-order valence-electron chi connectivity index (χ1n) is 7.30. The van der Waals surface area contributed by atoms with E-state index in [-0.39, 0.29) is 0 Å². The number of halogens is 1. The third-order valence-electron chi connectivity index (χ3n) is 3.25. The van der Waals surface area contributed by atoms with E-state index in [0.717, 1.165) is 27.4 Å². The van der Waals surface area contributed by atoms with Gasteiger partial charge >= 0.3 is 0 Å². The summed E-state index contributed by atoms with van der Waals surface area (Å²) >= 11 is 3.43. The van der Waals surface area contributed by atoms with E-state index in [9.17, 15) is 0 Å². The van der Waals surface area contributed by atoms with Crippen molar-refractivity contribution < 1.29 is 0 Å². The number of aromatic nitrogens is 2. The molecule has 0 aliphatic heterocycles. The van der Waals surface area contributed by atoms with Gasteiger partial charge < -0.3 is 10.6 Å². The molecule has 0 fully saturated rings. The minimum atomic E-state index is 0.579. The fourth-order valence-electron chi connectivity index (χ4n) is 2.22. The zero-order valence-corrected chi connectivity index (χ0v) is 14.6. The highest BCUT2D eigenvalue weighted by Crippen LogP contribution is 2.21. The monoisotopic (exact) mass is 368 g/mol. The van der Waals surface area contributed by atoms with Crippen LogP contribution >= 0.6 is 15.9 Å². The highest BCUT2D eigenvalue weighted by molar-refractivity contribution is 9.10. The van der Waals surface area contributed by atoms with Crippen molar-refractivity contribution in [1.82, 2.24) is 9.97 Å². The Hall–Kier alpha value is -2.40. The van der Waals surface area contributed by atoms with E-state index in [1.807, 2.05) is 49.4 Å². The lowest BCUT2D eigenvalue weighted by Crippen LogP contribution is -2.02. The van der Waals surface area contributed by atoms with Gasteiger partial charge in [0, 0.05) is 27.6 Å². The molecule has 0 unspecified atom stereocenters. The third-order valence-corrected chi connectivity index (χ3v) is 3.77. The summed E-state index contributed by atoms with van der Waals surface area (Å²) in [4.78, 5) is 8.98. The SMILES string of the molecule is Cc1cccc(Nc2nc(C)cc(Nc3ccc(Br)cc3)n2)c1. The molecule has 1 heterocycles. The molecule has 1 aromatic heterocycles. The van der Waals surface area contributed by atoms with E-state index in [1.54, 1.807) is 0 Å². The number of rotatable bonds is 4. The van der Waals surface area contributed by atoms with Gasteiger partial charge in [-0.1, -0.05) is 28.1 Å². The van der Waals surface area contributed by atoms with Crippen LogP contribution in [0.1, 0.15) is 11.3 Å². The van der Waals surface area contributed by atoms with Crippen molar-refractivity contribution in [1.29, 1.82) is 0 Å². The Balaban J connectivity index is 1.82. The normalized spacial score (nSPS) is 10.4. The topological polar surface area (TPSA) is 49.8 Å². The summed E-state index contributed by atoms with van der Waals surface area (Å²) in [5.41, 5.74) is 4.05. The lowest BCUT2D eigenvalue weighted by Gasteiger charge is -2.10. The van der Waals surface area contributed by atoms with Gasteiger partial charge in [-0.05, 0) is 55.8 Å². The van der Waals surface area contributed by atoms with E-state index in [1.165, 1.54) is 5.56 Å². The minimum Gasteiger partial charge on any atom is -0.340 e. The van der Waals surface area contributed by atoms with Crippen LogP contribution in [0, 0.1) is 13.8 Å². The fourth-order valence-corrected chi connectivity index (χ4v) is 2.49. The average Bonchev–Trinajstić information content (AvgIpc) is 2.49. The van der Waals surface area contributed by atoms with Crippen molar-refractivity contribution in [3.05, 3.63) is 70.3 Å². The highest BCUT2D eigenvalue weighted by atomic mass is 79.9. The maximum atomic E-state index is 4.53. The smallest absolute Gasteiger partial charge is 0.229 e. The van der Waals surface area contributed by atoms with Crippen molar-refractivity contribution in [2.45, 2.75) is 13.8 Å². The first-order chi connectivity index (χ1) is 11.1. The van der Waals surface area contributed by atoms with Gasteiger partial charge in [-0.25, -0.2) is 4.98 Å². The molecule has 0 atom stereocenters. The number of hydrogen-bond acceptors (Lipinski definition) is 4.